The van der Waals surface area contributed by atoms with Gasteiger partial charge in [-0.2, -0.15) is 0 Å². The molecule has 1 atom stereocenters. The molecule has 4 rings (SSSR count). The van der Waals surface area contributed by atoms with E-state index in [0.717, 1.165) is 49.4 Å². The number of ether oxygens (including phenoxy) is 4. The van der Waals surface area contributed by atoms with Gasteiger partial charge in [0.25, 0.3) is 0 Å². The van der Waals surface area contributed by atoms with Crippen LogP contribution in [0.15, 0.2) is 60.7 Å². The van der Waals surface area contributed by atoms with Crippen LogP contribution in [0, 0.1) is 5.41 Å². The molecule has 1 unspecified atom stereocenters. The molecule has 3 aromatic carbocycles. The highest BCUT2D eigenvalue weighted by Crippen LogP contribution is 2.40. The highest BCUT2D eigenvalue weighted by Gasteiger charge is 2.28. The number of methoxy groups -OCH3 is 1. The predicted molar refractivity (Wildman–Crippen MR) is 191 cm³/mol. The van der Waals surface area contributed by atoms with Crippen LogP contribution < -0.4 is 24.4 Å². The summed E-state index contributed by atoms with van der Waals surface area (Å²) < 4.78 is 22.8. The van der Waals surface area contributed by atoms with Crippen LogP contribution in [0.25, 0.3) is 0 Å². The largest absolute Gasteiger partial charge is 0.497 e. The summed E-state index contributed by atoms with van der Waals surface area (Å²) >= 11 is 0. The monoisotopic (exact) mass is 658 g/mol. The first-order chi connectivity index (χ1) is 22.5. The Morgan fingerprint density at radius 1 is 0.854 bits per heavy atom. The summed E-state index contributed by atoms with van der Waals surface area (Å²) in [5.41, 5.74) is 4.48. The molecular formula is C40H54N2O6. The Hall–Kier alpha value is -4.20. The first kappa shape index (κ1) is 36.6. The summed E-state index contributed by atoms with van der Waals surface area (Å²) in [5, 5.41) is 2.89. The van der Waals surface area contributed by atoms with Gasteiger partial charge >= 0.3 is 12.1 Å². The fraction of sp³-hybridized carbons (Fsp3) is 0.500. The number of nitrogens with one attached hydrogen (secondary N) is 1. The van der Waals surface area contributed by atoms with E-state index in [1.807, 2.05) is 79.7 Å². The summed E-state index contributed by atoms with van der Waals surface area (Å²) in [6.07, 6.45) is 2.38. The van der Waals surface area contributed by atoms with Gasteiger partial charge in [0.2, 0.25) is 0 Å². The van der Waals surface area contributed by atoms with Crippen LogP contribution >= 0.6 is 0 Å². The Labute approximate surface area is 287 Å². The van der Waals surface area contributed by atoms with Crippen molar-refractivity contribution in [1.82, 2.24) is 5.32 Å². The van der Waals surface area contributed by atoms with Gasteiger partial charge in [-0.3, -0.25) is 4.79 Å². The summed E-state index contributed by atoms with van der Waals surface area (Å²) in [5.74, 6) is 2.31. The zero-order chi connectivity index (χ0) is 35.3. The van der Waals surface area contributed by atoms with Crippen molar-refractivity contribution in [1.29, 1.82) is 0 Å². The Morgan fingerprint density at radius 2 is 1.52 bits per heavy atom. The van der Waals surface area contributed by atoms with Gasteiger partial charge in [0, 0.05) is 24.8 Å². The van der Waals surface area contributed by atoms with Crippen molar-refractivity contribution < 1.29 is 28.5 Å². The third kappa shape index (κ3) is 10.1. The van der Waals surface area contributed by atoms with E-state index in [1.54, 1.807) is 7.11 Å². The molecule has 3 aromatic rings. The van der Waals surface area contributed by atoms with Crippen molar-refractivity contribution in [3.05, 3.63) is 82.9 Å². The first-order valence-corrected chi connectivity index (χ1v) is 17.0. The molecule has 0 fully saturated rings. The molecule has 0 radical (unpaired) electrons. The quantitative estimate of drug-likeness (QED) is 0.163. The lowest BCUT2D eigenvalue weighted by Gasteiger charge is -2.32. The maximum atomic E-state index is 12.4. The number of rotatable bonds is 11. The van der Waals surface area contributed by atoms with E-state index >= 15 is 0 Å². The van der Waals surface area contributed by atoms with Crippen LogP contribution in [0.4, 0.5) is 10.5 Å². The SMILES string of the molecule is CCN(Cc1ccc(OCC(C)(C)NC(=O)OC(C)(C)C)cc1)c1cc(OC)ccc1C1CCc2cc(OC(=O)C(C)(C)C)ccc2C1. The molecule has 260 valence electrons. The number of benzene rings is 3. The number of carbonyl (C=O) groups excluding carboxylic acids is 2. The molecule has 0 aromatic heterocycles. The summed E-state index contributed by atoms with van der Waals surface area (Å²) in [4.78, 5) is 27.1. The maximum absolute atomic E-state index is 12.4. The topological polar surface area (TPSA) is 86.3 Å². The van der Waals surface area contributed by atoms with Crippen molar-refractivity contribution in [2.24, 2.45) is 5.41 Å². The third-order valence-corrected chi connectivity index (χ3v) is 8.36. The van der Waals surface area contributed by atoms with E-state index in [0.29, 0.717) is 18.3 Å². The number of aryl methyl sites for hydroxylation is 1. The van der Waals surface area contributed by atoms with Crippen molar-refractivity contribution in [3.63, 3.8) is 0 Å². The van der Waals surface area contributed by atoms with E-state index in [9.17, 15) is 9.59 Å². The highest BCUT2D eigenvalue weighted by atomic mass is 16.6. The first-order valence-electron chi connectivity index (χ1n) is 17.0. The maximum Gasteiger partial charge on any atom is 0.408 e. The number of amides is 1. The Bertz CT molecular complexity index is 1570. The van der Waals surface area contributed by atoms with E-state index in [2.05, 4.69) is 53.5 Å². The third-order valence-electron chi connectivity index (χ3n) is 8.36. The lowest BCUT2D eigenvalue weighted by Crippen LogP contribution is -2.49. The standard InChI is InChI=1S/C40H54N2O6/c1-11-42(25-27-12-17-31(18-13-27)46-26-40(8,9)41-37(44)48-39(5,6)7)35-24-32(45-10)20-21-34(35)30-15-14-29-23-33(19-16-28(29)22-30)47-36(43)38(2,3)4/h12-13,16-21,23-24,30H,11,14-15,22,25-26H2,1-10H3,(H,41,44). The Balaban J connectivity index is 1.45. The number of anilines is 1. The van der Waals surface area contributed by atoms with Crippen molar-refractivity contribution in [2.75, 3.05) is 25.2 Å². The van der Waals surface area contributed by atoms with Gasteiger partial charge in [0.1, 0.15) is 29.5 Å². The Kier molecular flexibility index (Phi) is 11.4. The molecule has 0 saturated carbocycles. The normalized spacial score (nSPS) is 14.8. The molecular weight excluding hydrogens is 604 g/mol. The molecule has 8 nitrogen and oxygen atoms in total. The zero-order valence-electron chi connectivity index (χ0n) is 30.5. The van der Waals surface area contributed by atoms with Gasteiger partial charge in [-0.15, -0.1) is 0 Å². The number of carbonyl (C=O) groups is 2. The van der Waals surface area contributed by atoms with E-state index in [-0.39, 0.29) is 5.97 Å². The van der Waals surface area contributed by atoms with Crippen molar-refractivity contribution in [3.8, 4) is 17.2 Å². The molecule has 48 heavy (non-hydrogen) atoms. The van der Waals surface area contributed by atoms with E-state index < -0.39 is 22.6 Å². The second kappa shape index (κ2) is 14.9. The van der Waals surface area contributed by atoms with Gasteiger partial charge in [-0.25, -0.2) is 4.79 Å². The van der Waals surface area contributed by atoms with Crippen LogP contribution in [0.2, 0.25) is 0 Å². The van der Waals surface area contributed by atoms with E-state index in [1.165, 1.54) is 22.4 Å². The fourth-order valence-electron chi connectivity index (χ4n) is 5.75. The number of esters is 1. The lowest BCUT2D eigenvalue weighted by atomic mass is 9.79. The van der Waals surface area contributed by atoms with Crippen LogP contribution in [0.1, 0.15) is 96.9 Å². The molecule has 0 saturated heterocycles. The summed E-state index contributed by atoms with van der Waals surface area (Å²) in [6, 6.07) is 20.6. The van der Waals surface area contributed by atoms with Gasteiger partial charge in [0.15, 0.2) is 0 Å². The second-order valence-corrected chi connectivity index (χ2v) is 15.4. The molecule has 0 heterocycles. The minimum Gasteiger partial charge on any atom is -0.497 e. The zero-order valence-corrected chi connectivity index (χ0v) is 30.5. The number of hydrogen-bond acceptors (Lipinski definition) is 7. The number of nitrogens with zero attached hydrogens (tertiary/aromatic N) is 1. The van der Waals surface area contributed by atoms with Gasteiger partial charge in [-0.1, -0.05) is 24.3 Å². The van der Waals surface area contributed by atoms with Crippen LogP contribution in [-0.4, -0.2) is 43.5 Å². The average Bonchev–Trinajstić information content (AvgIpc) is 3.01. The average molecular weight is 659 g/mol. The van der Waals surface area contributed by atoms with Gasteiger partial charge in [-0.05, 0) is 140 Å². The molecule has 1 aliphatic carbocycles. The van der Waals surface area contributed by atoms with Gasteiger partial charge < -0.3 is 29.2 Å². The summed E-state index contributed by atoms with van der Waals surface area (Å²) in [7, 11) is 1.71. The molecule has 1 N–H and O–H groups in total. The smallest absolute Gasteiger partial charge is 0.408 e. The predicted octanol–water partition coefficient (Wildman–Crippen LogP) is 8.63. The van der Waals surface area contributed by atoms with E-state index in [4.69, 9.17) is 18.9 Å². The van der Waals surface area contributed by atoms with Crippen LogP contribution in [-0.2, 0) is 28.9 Å². The molecule has 0 aliphatic heterocycles. The fourth-order valence-corrected chi connectivity index (χ4v) is 5.75. The van der Waals surface area contributed by atoms with Crippen molar-refractivity contribution in [2.45, 2.75) is 105 Å². The van der Waals surface area contributed by atoms with Crippen LogP contribution in [0.3, 0.4) is 0 Å². The lowest BCUT2D eigenvalue weighted by molar-refractivity contribution is -0.143. The molecule has 0 bridgehead atoms. The summed E-state index contributed by atoms with van der Waals surface area (Å²) in [6.45, 7) is 19.0. The van der Waals surface area contributed by atoms with Gasteiger partial charge in [0.05, 0.1) is 18.1 Å². The Morgan fingerprint density at radius 3 is 2.15 bits per heavy atom. The molecule has 0 spiro atoms. The second-order valence-electron chi connectivity index (χ2n) is 15.4. The number of alkyl carbamates (subject to hydrolysis) is 1. The molecule has 1 aliphatic rings. The molecule has 8 heteroatoms. The number of fused-ring (bicyclic) bond motifs is 1. The molecule has 1 amide bonds. The minimum absolute atomic E-state index is 0.225. The van der Waals surface area contributed by atoms with Crippen molar-refractivity contribution >= 4 is 17.7 Å². The minimum atomic E-state index is -0.607. The highest BCUT2D eigenvalue weighted by molar-refractivity contribution is 5.78. The van der Waals surface area contributed by atoms with Crippen LogP contribution in [0.5, 0.6) is 17.2 Å². The number of hydrogen-bond donors (Lipinski definition) is 1.